The number of hydrogen-bond donors (Lipinski definition) is 0. The molecule has 19 heavy (non-hydrogen) atoms. The van der Waals surface area contributed by atoms with E-state index in [9.17, 15) is 9.18 Å². The average Bonchev–Trinajstić information content (AvgIpc) is 2.75. The third kappa shape index (κ3) is 2.95. The van der Waals surface area contributed by atoms with E-state index in [4.69, 9.17) is 0 Å². The molecular weight excluding hydrogens is 243 g/mol. The molecule has 1 aliphatic rings. The van der Waals surface area contributed by atoms with Crippen LogP contribution >= 0.6 is 0 Å². The molecule has 4 heteroatoms. The van der Waals surface area contributed by atoms with Gasteiger partial charge in [0.2, 0.25) is 0 Å². The summed E-state index contributed by atoms with van der Waals surface area (Å²) in [6.45, 7) is 3.20. The van der Waals surface area contributed by atoms with Crippen molar-refractivity contribution in [1.29, 1.82) is 0 Å². The largest absolute Gasteiger partial charge is 0.364 e. The van der Waals surface area contributed by atoms with Gasteiger partial charge in [0.15, 0.2) is 5.78 Å². The van der Waals surface area contributed by atoms with E-state index < -0.39 is 0 Å². The summed E-state index contributed by atoms with van der Waals surface area (Å²) >= 11 is 0. The Morgan fingerprint density at radius 3 is 2.84 bits per heavy atom. The Morgan fingerprint density at radius 1 is 1.47 bits per heavy atom. The van der Waals surface area contributed by atoms with E-state index in [1.165, 1.54) is 13.0 Å². The van der Waals surface area contributed by atoms with Crippen LogP contribution in [0.25, 0.3) is 0 Å². The number of likely N-dealkylation sites (N-methyl/N-ethyl adjacent to an activating group) is 1. The number of carbonyl (C=O) groups is 1. The topological polar surface area (TPSA) is 23.6 Å². The van der Waals surface area contributed by atoms with Gasteiger partial charge in [0, 0.05) is 24.7 Å². The van der Waals surface area contributed by atoms with Crippen LogP contribution < -0.4 is 4.90 Å². The number of Topliss-reactive ketones (excluding diaryl/α,β-unsaturated/α-hetero) is 1. The zero-order valence-corrected chi connectivity index (χ0v) is 11.8. The van der Waals surface area contributed by atoms with Crippen LogP contribution in [0.1, 0.15) is 30.1 Å². The molecule has 104 valence electrons. The molecule has 0 N–H and O–H groups in total. The van der Waals surface area contributed by atoms with Gasteiger partial charge in [0.25, 0.3) is 0 Å². The zero-order chi connectivity index (χ0) is 14.0. The first-order valence-electron chi connectivity index (χ1n) is 6.71. The van der Waals surface area contributed by atoms with Gasteiger partial charge in [-0.3, -0.25) is 4.79 Å². The Morgan fingerprint density at radius 2 is 2.21 bits per heavy atom. The lowest BCUT2D eigenvalue weighted by Gasteiger charge is -2.30. The fourth-order valence-corrected chi connectivity index (χ4v) is 2.83. The van der Waals surface area contributed by atoms with Crippen molar-refractivity contribution in [2.24, 2.45) is 0 Å². The Bertz CT molecular complexity index is 473. The van der Waals surface area contributed by atoms with E-state index in [1.807, 2.05) is 14.1 Å². The van der Waals surface area contributed by atoms with Crippen LogP contribution in [0.3, 0.4) is 0 Å². The molecular formula is C15H21FN2O. The van der Waals surface area contributed by atoms with Crippen LogP contribution in [0.2, 0.25) is 0 Å². The van der Waals surface area contributed by atoms with Gasteiger partial charge in [-0.25, -0.2) is 4.39 Å². The van der Waals surface area contributed by atoms with Crippen LogP contribution in [0.5, 0.6) is 0 Å². The first-order valence-corrected chi connectivity index (χ1v) is 6.71. The summed E-state index contributed by atoms with van der Waals surface area (Å²) in [5, 5.41) is 0. The number of ketones is 1. The van der Waals surface area contributed by atoms with Crippen molar-refractivity contribution >= 4 is 11.5 Å². The van der Waals surface area contributed by atoms with Crippen molar-refractivity contribution in [3.05, 3.63) is 29.6 Å². The molecule has 0 bridgehead atoms. The third-order valence-corrected chi connectivity index (χ3v) is 3.61. The Labute approximate surface area is 114 Å². The minimum absolute atomic E-state index is 0.0787. The second kappa shape index (κ2) is 5.70. The maximum atomic E-state index is 14.2. The number of carbonyl (C=O) groups excluding carboxylic acids is 1. The van der Waals surface area contributed by atoms with Crippen LogP contribution in [-0.4, -0.2) is 43.9 Å². The van der Waals surface area contributed by atoms with Crippen LogP contribution in [-0.2, 0) is 0 Å². The lowest BCUT2D eigenvalue weighted by atomic mass is 10.1. The van der Waals surface area contributed by atoms with Crippen LogP contribution in [0.15, 0.2) is 18.2 Å². The van der Waals surface area contributed by atoms with Crippen molar-refractivity contribution in [2.45, 2.75) is 25.8 Å². The van der Waals surface area contributed by atoms with Crippen LogP contribution in [0, 0.1) is 5.82 Å². The van der Waals surface area contributed by atoms with E-state index in [0.717, 1.165) is 25.9 Å². The number of benzene rings is 1. The summed E-state index contributed by atoms with van der Waals surface area (Å²) in [5.41, 5.74) is 0.977. The number of halogens is 1. The van der Waals surface area contributed by atoms with Gasteiger partial charge in [-0.1, -0.05) is 6.07 Å². The summed E-state index contributed by atoms with van der Waals surface area (Å²) in [6, 6.07) is 5.04. The van der Waals surface area contributed by atoms with Gasteiger partial charge in [0.05, 0.1) is 5.69 Å². The van der Waals surface area contributed by atoms with Crippen molar-refractivity contribution in [2.75, 3.05) is 32.1 Å². The molecule has 0 radical (unpaired) electrons. The highest BCUT2D eigenvalue weighted by atomic mass is 19.1. The molecule has 0 aliphatic carbocycles. The van der Waals surface area contributed by atoms with Gasteiger partial charge in [-0.15, -0.1) is 0 Å². The van der Waals surface area contributed by atoms with Gasteiger partial charge in [-0.2, -0.15) is 0 Å². The molecule has 1 aromatic rings. The molecule has 1 unspecified atom stereocenters. The summed E-state index contributed by atoms with van der Waals surface area (Å²) in [7, 11) is 4.04. The molecule has 1 atom stereocenters. The predicted molar refractivity (Wildman–Crippen MR) is 75.3 cm³/mol. The molecule has 3 nitrogen and oxygen atoms in total. The summed E-state index contributed by atoms with van der Waals surface area (Å²) < 4.78 is 14.2. The van der Waals surface area contributed by atoms with Crippen molar-refractivity contribution in [3.63, 3.8) is 0 Å². The minimum Gasteiger partial charge on any atom is -0.364 e. The van der Waals surface area contributed by atoms with Gasteiger partial charge < -0.3 is 9.80 Å². The molecule has 1 aromatic carbocycles. The molecule has 0 amide bonds. The molecule has 1 heterocycles. The lowest BCUT2D eigenvalue weighted by Crippen LogP contribution is -2.38. The van der Waals surface area contributed by atoms with Crippen molar-refractivity contribution < 1.29 is 9.18 Å². The van der Waals surface area contributed by atoms with E-state index >= 15 is 0 Å². The highest BCUT2D eigenvalue weighted by molar-refractivity contribution is 6.00. The molecule has 0 aromatic heterocycles. The SMILES string of the molecule is CC(=O)c1cccc(F)c1N1CCCC1CN(C)C. The number of rotatable bonds is 4. The Kier molecular flexibility index (Phi) is 4.20. The van der Waals surface area contributed by atoms with Crippen molar-refractivity contribution in [1.82, 2.24) is 4.90 Å². The third-order valence-electron chi connectivity index (χ3n) is 3.61. The second-order valence-electron chi connectivity index (χ2n) is 5.44. The highest BCUT2D eigenvalue weighted by Gasteiger charge is 2.29. The fourth-order valence-electron chi connectivity index (χ4n) is 2.83. The maximum absolute atomic E-state index is 14.2. The maximum Gasteiger partial charge on any atom is 0.161 e. The molecule has 1 fully saturated rings. The first-order chi connectivity index (χ1) is 9.00. The summed E-state index contributed by atoms with van der Waals surface area (Å²) in [4.78, 5) is 15.9. The van der Waals surface area contributed by atoms with E-state index in [2.05, 4.69) is 9.80 Å². The van der Waals surface area contributed by atoms with Crippen LogP contribution in [0.4, 0.5) is 10.1 Å². The second-order valence-corrected chi connectivity index (χ2v) is 5.44. The molecule has 0 saturated carbocycles. The minimum atomic E-state index is -0.293. The Hall–Kier alpha value is -1.42. The Balaban J connectivity index is 2.37. The van der Waals surface area contributed by atoms with Crippen molar-refractivity contribution in [3.8, 4) is 0 Å². The van der Waals surface area contributed by atoms with Gasteiger partial charge in [0.1, 0.15) is 5.82 Å². The molecule has 2 rings (SSSR count). The number of hydrogen-bond acceptors (Lipinski definition) is 3. The standard InChI is InChI=1S/C15H21FN2O/c1-11(19)13-7-4-8-14(16)15(13)18-9-5-6-12(18)10-17(2)3/h4,7-8,12H,5-6,9-10H2,1-3H3. The monoisotopic (exact) mass is 264 g/mol. The molecule has 0 spiro atoms. The zero-order valence-electron chi connectivity index (χ0n) is 11.8. The smallest absolute Gasteiger partial charge is 0.161 e. The first kappa shape index (κ1) is 14.0. The highest BCUT2D eigenvalue weighted by Crippen LogP contribution is 2.31. The van der Waals surface area contributed by atoms with E-state index in [-0.39, 0.29) is 17.6 Å². The van der Waals surface area contributed by atoms with Gasteiger partial charge >= 0.3 is 0 Å². The van der Waals surface area contributed by atoms with Gasteiger partial charge in [-0.05, 0) is 46.0 Å². The van der Waals surface area contributed by atoms with E-state index in [0.29, 0.717) is 11.3 Å². The summed E-state index contributed by atoms with van der Waals surface area (Å²) in [6.07, 6.45) is 2.09. The number of para-hydroxylation sites is 1. The summed E-state index contributed by atoms with van der Waals surface area (Å²) in [5.74, 6) is -0.372. The molecule has 1 aliphatic heterocycles. The lowest BCUT2D eigenvalue weighted by molar-refractivity contribution is 0.101. The quantitative estimate of drug-likeness (QED) is 0.781. The predicted octanol–water partition coefficient (Wildman–Crippen LogP) is 2.56. The molecule has 1 saturated heterocycles. The normalized spacial score (nSPS) is 19.2. The number of nitrogens with zero attached hydrogens (tertiary/aromatic N) is 2. The van der Waals surface area contributed by atoms with E-state index in [1.54, 1.807) is 12.1 Å². The fraction of sp³-hybridized carbons (Fsp3) is 0.533. The average molecular weight is 264 g/mol. The number of anilines is 1.